The zero-order valence-electron chi connectivity index (χ0n) is 11.2. The molecule has 0 amide bonds. The van der Waals surface area contributed by atoms with Crippen LogP contribution in [0.1, 0.15) is 18.0 Å². The average Bonchev–Trinajstić information content (AvgIpc) is 2.75. The minimum atomic E-state index is -2.91. The standard InChI is InChI=1S/C13H18BrClN2O2S/c1-17(10-4-5-20(18,19)8-10)13(7-16)11-6-9(14)2-3-12(11)15/h2-3,6,10,13H,4-5,7-8,16H2,1H3. The van der Waals surface area contributed by atoms with E-state index in [-0.39, 0.29) is 23.6 Å². The molecule has 1 aromatic carbocycles. The summed E-state index contributed by atoms with van der Waals surface area (Å²) in [7, 11) is -0.990. The maximum Gasteiger partial charge on any atom is 0.151 e. The van der Waals surface area contributed by atoms with Crippen LogP contribution in [-0.4, -0.2) is 44.5 Å². The summed E-state index contributed by atoms with van der Waals surface area (Å²) in [5.41, 5.74) is 6.82. The molecule has 0 spiro atoms. The first-order valence-corrected chi connectivity index (χ1v) is 9.40. The summed E-state index contributed by atoms with van der Waals surface area (Å²) in [6.07, 6.45) is 0.654. The van der Waals surface area contributed by atoms with Crippen molar-refractivity contribution in [2.45, 2.75) is 18.5 Å². The van der Waals surface area contributed by atoms with Gasteiger partial charge in [-0.05, 0) is 37.2 Å². The molecule has 1 aliphatic rings. The van der Waals surface area contributed by atoms with Gasteiger partial charge in [0.05, 0.1) is 11.5 Å². The summed E-state index contributed by atoms with van der Waals surface area (Å²) in [4.78, 5) is 2.04. The number of sulfone groups is 1. The Hall–Kier alpha value is -0.140. The fourth-order valence-electron chi connectivity index (χ4n) is 2.63. The SMILES string of the molecule is CN(C1CCS(=O)(=O)C1)C(CN)c1cc(Br)ccc1Cl. The molecule has 2 N–H and O–H groups in total. The second kappa shape index (κ2) is 6.32. The Morgan fingerprint density at radius 2 is 2.25 bits per heavy atom. The van der Waals surface area contributed by atoms with Crippen LogP contribution in [0.2, 0.25) is 5.02 Å². The molecule has 112 valence electrons. The largest absolute Gasteiger partial charge is 0.329 e. The lowest BCUT2D eigenvalue weighted by Gasteiger charge is -2.32. The third kappa shape index (κ3) is 3.54. The monoisotopic (exact) mass is 380 g/mol. The van der Waals surface area contributed by atoms with E-state index in [2.05, 4.69) is 15.9 Å². The molecule has 1 aliphatic heterocycles. The van der Waals surface area contributed by atoms with Gasteiger partial charge in [-0.25, -0.2) is 8.42 Å². The Balaban J connectivity index is 2.26. The molecule has 4 nitrogen and oxygen atoms in total. The summed E-state index contributed by atoms with van der Waals surface area (Å²) in [6.45, 7) is 0.392. The quantitative estimate of drug-likeness (QED) is 0.868. The van der Waals surface area contributed by atoms with Crippen LogP contribution in [0.4, 0.5) is 0 Å². The number of nitrogens with zero attached hydrogens (tertiary/aromatic N) is 1. The number of hydrogen-bond acceptors (Lipinski definition) is 4. The van der Waals surface area contributed by atoms with Crippen molar-refractivity contribution in [1.82, 2.24) is 4.90 Å². The highest BCUT2D eigenvalue weighted by Crippen LogP contribution is 2.32. The highest BCUT2D eigenvalue weighted by molar-refractivity contribution is 9.10. The van der Waals surface area contributed by atoms with Crippen molar-refractivity contribution in [2.75, 3.05) is 25.1 Å². The first-order chi connectivity index (χ1) is 9.34. The molecule has 7 heteroatoms. The van der Waals surface area contributed by atoms with Gasteiger partial charge in [0.15, 0.2) is 9.84 Å². The Labute approximate surface area is 133 Å². The van der Waals surface area contributed by atoms with Gasteiger partial charge in [0.25, 0.3) is 0 Å². The van der Waals surface area contributed by atoms with Crippen molar-refractivity contribution in [3.8, 4) is 0 Å². The molecule has 0 saturated carbocycles. The van der Waals surface area contributed by atoms with Crippen molar-refractivity contribution < 1.29 is 8.42 Å². The molecule has 0 bridgehead atoms. The first-order valence-electron chi connectivity index (χ1n) is 6.41. The van der Waals surface area contributed by atoms with E-state index in [1.165, 1.54) is 0 Å². The molecule has 1 saturated heterocycles. The summed E-state index contributed by atoms with van der Waals surface area (Å²) in [6, 6.07) is 5.56. The van der Waals surface area contributed by atoms with Gasteiger partial charge in [-0.3, -0.25) is 4.90 Å². The maximum absolute atomic E-state index is 11.6. The number of hydrogen-bond donors (Lipinski definition) is 1. The summed E-state index contributed by atoms with van der Waals surface area (Å²) in [5, 5.41) is 0.649. The van der Waals surface area contributed by atoms with Crippen LogP contribution in [-0.2, 0) is 9.84 Å². The predicted octanol–water partition coefficient (Wildman–Crippen LogP) is 2.22. The average molecular weight is 382 g/mol. The van der Waals surface area contributed by atoms with E-state index >= 15 is 0 Å². The maximum atomic E-state index is 11.6. The van der Waals surface area contributed by atoms with E-state index in [1.54, 1.807) is 0 Å². The first kappa shape index (κ1) is 16.2. The van der Waals surface area contributed by atoms with Gasteiger partial charge in [-0.1, -0.05) is 27.5 Å². The molecule has 20 heavy (non-hydrogen) atoms. The van der Waals surface area contributed by atoms with E-state index in [1.807, 2.05) is 30.1 Å². The van der Waals surface area contributed by atoms with Crippen LogP contribution >= 0.6 is 27.5 Å². The Morgan fingerprint density at radius 1 is 1.55 bits per heavy atom. The van der Waals surface area contributed by atoms with Gasteiger partial charge in [-0.2, -0.15) is 0 Å². The number of rotatable bonds is 4. The molecule has 0 aromatic heterocycles. The van der Waals surface area contributed by atoms with Gasteiger partial charge in [-0.15, -0.1) is 0 Å². The Kier molecular flexibility index (Phi) is 5.13. The van der Waals surface area contributed by atoms with Gasteiger partial charge in [0, 0.05) is 28.1 Å². The third-order valence-corrected chi connectivity index (χ3v) is 6.40. The molecule has 0 radical (unpaired) electrons. The van der Waals surface area contributed by atoms with E-state index in [0.29, 0.717) is 18.0 Å². The van der Waals surface area contributed by atoms with Crippen molar-refractivity contribution >= 4 is 37.4 Å². The van der Waals surface area contributed by atoms with E-state index in [9.17, 15) is 8.42 Å². The molecule has 0 aliphatic carbocycles. The van der Waals surface area contributed by atoms with Gasteiger partial charge < -0.3 is 5.73 Å². The highest BCUT2D eigenvalue weighted by atomic mass is 79.9. The normalized spacial score (nSPS) is 23.1. The van der Waals surface area contributed by atoms with Crippen LogP contribution in [0.25, 0.3) is 0 Å². The van der Waals surface area contributed by atoms with Crippen molar-refractivity contribution in [3.63, 3.8) is 0 Å². The summed E-state index contributed by atoms with van der Waals surface area (Å²) >= 11 is 9.69. The molecule has 1 aromatic rings. The Morgan fingerprint density at radius 3 is 2.80 bits per heavy atom. The molecule has 2 atom stereocenters. The lowest BCUT2D eigenvalue weighted by Crippen LogP contribution is -2.39. The minimum absolute atomic E-state index is 0.00333. The Bertz CT molecular complexity index is 594. The summed E-state index contributed by atoms with van der Waals surface area (Å²) in [5.74, 6) is 0.455. The van der Waals surface area contributed by atoms with Crippen molar-refractivity contribution in [3.05, 3.63) is 33.3 Å². The smallest absolute Gasteiger partial charge is 0.151 e. The summed E-state index contributed by atoms with van der Waals surface area (Å²) < 4.78 is 24.2. The zero-order chi connectivity index (χ0) is 14.9. The molecular weight excluding hydrogens is 364 g/mol. The van der Waals surface area contributed by atoms with Crippen LogP contribution < -0.4 is 5.73 Å². The van der Waals surface area contributed by atoms with Crippen LogP contribution in [0.3, 0.4) is 0 Å². The molecule has 2 unspecified atom stereocenters. The number of likely N-dealkylation sites (N-methyl/N-ethyl adjacent to an activating group) is 1. The lowest BCUT2D eigenvalue weighted by atomic mass is 10.0. The van der Waals surface area contributed by atoms with Crippen molar-refractivity contribution in [2.24, 2.45) is 5.73 Å². The number of benzene rings is 1. The fraction of sp³-hybridized carbons (Fsp3) is 0.538. The van der Waals surface area contributed by atoms with E-state index in [0.717, 1.165) is 10.0 Å². The molecule has 1 fully saturated rings. The number of halogens is 2. The fourth-order valence-corrected chi connectivity index (χ4v) is 5.04. The van der Waals surface area contributed by atoms with Crippen LogP contribution in [0.5, 0.6) is 0 Å². The van der Waals surface area contributed by atoms with Crippen LogP contribution in [0, 0.1) is 0 Å². The van der Waals surface area contributed by atoms with Gasteiger partial charge in [0.2, 0.25) is 0 Å². The topological polar surface area (TPSA) is 63.4 Å². The second-order valence-corrected chi connectivity index (χ2v) is 8.69. The van der Waals surface area contributed by atoms with E-state index in [4.69, 9.17) is 17.3 Å². The third-order valence-electron chi connectivity index (χ3n) is 3.82. The van der Waals surface area contributed by atoms with E-state index < -0.39 is 9.84 Å². The molecule has 2 rings (SSSR count). The van der Waals surface area contributed by atoms with Crippen LogP contribution in [0.15, 0.2) is 22.7 Å². The van der Waals surface area contributed by atoms with Gasteiger partial charge in [0.1, 0.15) is 0 Å². The number of nitrogens with two attached hydrogens (primary N) is 1. The van der Waals surface area contributed by atoms with Gasteiger partial charge >= 0.3 is 0 Å². The predicted molar refractivity (Wildman–Crippen MR) is 85.8 cm³/mol. The highest BCUT2D eigenvalue weighted by Gasteiger charge is 2.34. The molecular formula is C13H18BrClN2O2S. The second-order valence-electron chi connectivity index (χ2n) is 5.14. The minimum Gasteiger partial charge on any atom is -0.329 e. The van der Waals surface area contributed by atoms with Crippen molar-refractivity contribution in [1.29, 1.82) is 0 Å². The zero-order valence-corrected chi connectivity index (χ0v) is 14.4. The lowest BCUT2D eigenvalue weighted by molar-refractivity contribution is 0.192. The molecule has 1 heterocycles.